The minimum atomic E-state index is 0.502. The molecule has 0 saturated carbocycles. The smallest absolute Gasteiger partial charge is 0.0396 e. The lowest BCUT2D eigenvalue weighted by Gasteiger charge is -2.08. The molecule has 3 heteroatoms. The van der Waals surface area contributed by atoms with Gasteiger partial charge >= 0.3 is 0 Å². The minimum Gasteiger partial charge on any atom is -0.320 e. The van der Waals surface area contributed by atoms with Crippen molar-refractivity contribution in [3.63, 3.8) is 0 Å². The summed E-state index contributed by atoms with van der Waals surface area (Å²) in [5.41, 5.74) is 0. The average Bonchev–Trinajstić information content (AvgIpc) is 2.31. The van der Waals surface area contributed by atoms with Crippen LogP contribution in [0.3, 0.4) is 0 Å². The third-order valence-electron chi connectivity index (χ3n) is 1.83. The number of thiocarbonyl (C=S) groups is 1. The zero-order valence-electron chi connectivity index (χ0n) is 6.31. The van der Waals surface area contributed by atoms with Gasteiger partial charge in [0.1, 0.15) is 0 Å². The molecule has 2 nitrogen and oxygen atoms in total. The van der Waals surface area contributed by atoms with Crippen molar-refractivity contribution in [2.45, 2.75) is 18.9 Å². The lowest BCUT2D eigenvalue weighted by Crippen LogP contribution is -2.29. The van der Waals surface area contributed by atoms with E-state index in [0.717, 1.165) is 25.9 Å². The maximum atomic E-state index is 5.16. The van der Waals surface area contributed by atoms with Crippen molar-refractivity contribution in [2.75, 3.05) is 20.1 Å². The molecular weight excluding hydrogens is 144 g/mol. The third-order valence-corrected chi connectivity index (χ3v) is 2.32. The van der Waals surface area contributed by atoms with Crippen molar-refractivity contribution < 1.29 is 0 Å². The lowest BCUT2D eigenvalue weighted by molar-refractivity contribution is 0.614. The number of rotatable bonds is 3. The van der Waals surface area contributed by atoms with Crippen LogP contribution >= 0.6 is 12.2 Å². The molecule has 1 fully saturated rings. The van der Waals surface area contributed by atoms with Crippen molar-refractivity contribution in [1.29, 1.82) is 0 Å². The molecule has 0 aliphatic carbocycles. The second kappa shape index (κ2) is 4.01. The van der Waals surface area contributed by atoms with E-state index in [4.69, 9.17) is 12.2 Å². The Bertz CT molecular complexity index is 125. The van der Waals surface area contributed by atoms with E-state index in [1.54, 1.807) is 0 Å². The maximum absolute atomic E-state index is 5.16. The fourth-order valence-electron chi connectivity index (χ4n) is 1.21. The first-order valence-electron chi connectivity index (χ1n) is 3.75. The molecule has 1 saturated heterocycles. The van der Waals surface area contributed by atoms with Gasteiger partial charge in [-0.15, -0.1) is 0 Å². The predicted molar refractivity (Wildman–Crippen MR) is 47.5 cm³/mol. The van der Waals surface area contributed by atoms with E-state index in [1.807, 2.05) is 7.05 Å². The molecule has 1 aliphatic heterocycles. The summed E-state index contributed by atoms with van der Waals surface area (Å²) in [7, 11) is 1.97. The highest BCUT2D eigenvalue weighted by Gasteiger charge is 2.18. The quantitative estimate of drug-likeness (QED) is 0.579. The van der Waals surface area contributed by atoms with E-state index in [9.17, 15) is 0 Å². The highest BCUT2D eigenvalue weighted by molar-refractivity contribution is 7.80. The number of hydrogen-bond donors (Lipinski definition) is 2. The Morgan fingerprint density at radius 1 is 1.80 bits per heavy atom. The van der Waals surface area contributed by atoms with E-state index in [1.165, 1.54) is 4.86 Å². The normalized spacial score (nSPS) is 25.7. The molecule has 10 heavy (non-hydrogen) atoms. The van der Waals surface area contributed by atoms with E-state index in [-0.39, 0.29) is 0 Å². The van der Waals surface area contributed by atoms with Gasteiger partial charge in [-0.05, 0) is 26.4 Å². The highest BCUT2D eigenvalue weighted by Crippen LogP contribution is 2.05. The van der Waals surface area contributed by atoms with E-state index < -0.39 is 0 Å². The molecule has 1 aliphatic rings. The van der Waals surface area contributed by atoms with Gasteiger partial charge in [-0.1, -0.05) is 12.2 Å². The highest BCUT2D eigenvalue weighted by atomic mass is 32.1. The summed E-state index contributed by atoms with van der Waals surface area (Å²) in [5.74, 6) is 0. The average molecular weight is 158 g/mol. The molecule has 0 bridgehead atoms. The Hall–Kier alpha value is 0.01000. The second-order valence-electron chi connectivity index (χ2n) is 2.62. The molecule has 1 rings (SSSR count). The lowest BCUT2D eigenvalue weighted by atomic mass is 10.1. The number of nitrogens with one attached hydrogen (secondary N) is 2. The Labute approximate surface area is 67.4 Å². The van der Waals surface area contributed by atoms with Crippen molar-refractivity contribution >= 4 is 17.1 Å². The van der Waals surface area contributed by atoms with Gasteiger partial charge in [-0.3, -0.25) is 0 Å². The molecule has 0 aromatic carbocycles. The van der Waals surface area contributed by atoms with Crippen LogP contribution in [0.4, 0.5) is 0 Å². The molecule has 1 unspecified atom stereocenters. The van der Waals surface area contributed by atoms with Crippen LogP contribution in [-0.4, -0.2) is 31.0 Å². The van der Waals surface area contributed by atoms with Crippen molar-refractivity contribution in [2.24, 2.45) is 0 Å². The van der Waals surface area contributed by atoms with Crippen molar-refractivity contribution in [3.05, 3.63) is 0 Å². The largest absolute Gasteiger partial charge is 0.320 e. The first-order valence-corrected chi connectivity index (χ1v) is 4.16. The summed E-state index contributed by atoms with van der Waals surface area (Å²) < 4.78 is 0. The van der Waals surface area contributed by atoms with Gasteiger partial charge in [-0.25, -0.2) is 0 Å². The summed E-state index contributed by atoms with van der Waals surface area (Å²) in [6.07, 6.45) is 2.22. The Kier molecular flexibility index (Phi) is 3.25. The SMILES string of the molecule is CNCCC1NCCC1=S. The Morgan fingerprint density at radius 3 is 3.10 bits per heavy atom. The monoisotopic (exact) mass is 158 g/mol. The zero-order valence-corrected chi connectivity index (χ0v) is 7.13. The molecule has 1 heterocycles. The summed E-state index contributed by atoms with van der Waals surface area (Å²) in [4.78, 5) is 1.20. The summed E-state index contributed by atoms with van der Waals surface area (Å²) in [6.45, 7) is 2.13. The predicted octanol–water partition coefficient (Wildman–Crippen LogP) is 0.328. The standard InChI is InChI=1S/C7H14N2S/c1-8-4-2-6-7(10)3-5-9-6/h6,8-9H,2-5H2,1H3. The second-order valence-corrected chi connectivity index (χ2v) is 3.14. The molecule has 0 aromatic heterocycles. The Balaban J connectivity index is 2.20. The first kappa shape index (κ1) is 8.11. The van der Waals surface area contributed by atoms with Crippen LogP contribution in [0.2, 0.25) is 0 Å². The zero-order chi connectivity index (χ0) is 7.40. The molecule has 0 aromatic rings. The molecule has 2 N–H and O–H groups in total. The van der Waals surface area contributed by atoms with Gasteiger partial charge in [-0.2, -0.15) is 0 Å². The molecule has 1 atom stereocenters. The van der Waals surface area contributed by atoms with Gasteiger partial charge in [0.2, 0.25) is 0 Å². The van der Waals surface area contributed by atoms with Crippen LogP contribution < -0.4 is 10.6 Å². The van der Waals surface area contributed by atoms with Crippen LogP contribution in [0.15, 0.2) is 0 Å². The minimum absolute atomic E-state index is 0.502. The van der Waals surface area contributed by atoms with Crippen LogP contribution in [0.25, 0.3) is 0 Å². The van der Waals surface area contributed by atoms with Crippen molar-refractivity contribution in [1.82, 2.24) is 10.6 Å². The summed E-state index contributed by atoms with van der Waals surface area (Å²) in [5, 5.41) is 6.48. The molecule has 58 valence electrons. The van der Waals surface area contributed by atoms with Gasteiger partial charge in [0, 0.05) is 17.5 Å². The summed E-state index contributed by atoms with van der Waals surface area (Å²) in [6, 6.07) is 0.502. The first-order chi connectivity index (χ1) is 4.84. The van der Waals surface area contributed by atoms with Crippen LogP contribution in [0.5, 0.6) is 0 Å². The topological polar surface area (TPSA) is 24.1 Å². The maximum Gasteiger partial charge on any atom is 0.0396 e. The van der Waals surface area contributed by atoms with E-state index in [0.29, 0.717) is 6.04 Å². The fraction of sp³-hybridized carbons (Fsp3) is 0.857. The van der Waals surface area contributed by atoms with Gasteiger partial charge in [0.25, 0.3) is 0 Å². The fourth-order valence-corrected chi connectivity index (χ4v) is 1.51. The van der Waals surface area contributed by atoms with Crippen LogP contribution in [0, 0.1) is 0 Å². The van der Waals surface area contributed by atoms with E-state index >= 15 is 0 Å². The third kappa shape index (κ3) is 2.01. The Morgan fingerprint density at radius 2 is 2.60 bits per heavy atom. The van der Waals surface area contributed by atoms with E-state index in [2.05, 4.69) is 10.6 Å². The summed E-state index contributed by atoms with van der Waals surface area (Å²) >= 11 is 5.16. The number of hydrogen-bond acceptors (Lipinski definition) is 3. The molecule has 0 amide bonds. The van der Waals surface area contributed by atoms with Gasteiger partial charge in [0.15, 0.2) is 0 Å². The molecule has 0 radical (unpaired) electrons. The van der Waals surface area contributed by atoms with Gasteiger partial charge in [0.05, 0.1) is 0 Å². The van der Waals surface area contributed by atoms with Crippen molar-refractivity contribution in [3.8, 4) is 0 Å². The molecule has 0 spiro atoms. The molecular formula is C7H14N2S. The van der Waals surface area contributed by atoms with Gasteiger partial charge < -0.3 is 10.6 Å². The van der Waals surface area contributed by atoms with Crippen LogP contribution in [-0.2, 0) is 0 Å². The van der Waals surface area contributed by atoms with Crippen LogP contribution in [0.1, 0.15) is 12.8 Å².